The Kier molecular flexibility index (Phi) is 5.23. The smallest absolute Gasteiger partial charge is 0.274 e. The summed E-state index contributed by atoms with van der Waals surface area (Å²) in [6, 6.07) is 8.92. The summed E-state index contributed by atoms with van der Waals surface area (Å²) in [4.78, 5) is 26.4. The van der Waals surface area contributed by atoms with E-state index in [1.54, 1.807) is 11.0 Å². The average Bonchev–Trinajstić information content (AvgIpc) is 3.10. The maximum absolute atomic E-state index is 13.5. The molecule has 1 aromatic carbocycles. The van der Waals surface area contributed by atoms with Gasteiger partial charge in [0.1, 0.15) is 11.5 Å². The quantitative estimate of drug-likeness (QED) is 0.831. The first-order valence-corrected chi connectivity index (χ1v) is 8.23. The van der Waals surface area contributed by atoms with Gasteiger partial charge in [-0.1, -0.05) is 12.1 Å². The van der Waals surface area contributed by atoms with Crippen molar-refractivity contribution in [1.82, 2.24) is 14.7 Å². The molecule has 1 aliphatic rings. The summed E-state index contributed by atoms with van der Waals surface area (Å²) in [5, 5.41) is 4.16. The maximum Gasteiger partial charge on any atom is 0.274 e. The first-order chi connectivity index (χ1) is 12.1. The van der Waals surface area contributed by atoms with Crippen molar-refractivity contribution in [3.63, 3.8) is 0 Å². The number of benzene rings is 1. The van der Waals surface area contributed by atoms with Gasteiger partial charge in [-0.2, -0.15) is 5.10 Å². The second-order valence-electron chi connectivity index (χ2n) is 5.98. The van der Waals surface area contributed by atoms with Crippen molar-refractivity contribution >= 4 is 5.91 Å². The Hall–Kier alpha value is -2.54. The number of likely N-dealkylation sites (tertiary alicyclic amines) is 1. The first-order valence-electron chi connectivity index (χ1n) is 8.23. The van der Waals surface area contributed by atoms with Crippen molar-refractivity contribution in [2.45, 2.75) is 25.4 Å². The van der Waals surface area contributed by atoms with Crippen molar-refractivity contribution < 1.29 is 13.9 Å². The largest absolute Gasteiger partial charge is 0.383 e. The monoisotopic (exact) mass is 345 g/mol. The molecule has 0 radical (unpaired) electrons. The normalized spacial score (nSPS) is 17.0. The predicted octanol–water partition coefficient (Wildman–Crippen LogP) is 2.01. The number of rotatable bonds is 5. The molecule has 1 aliphatic heterocycles. The van der Waals surface area contributed by atoms with Crippen LogP contribution in [0.4, 0.5) is 4.39 Å². The van der Waals surface area contributed by atoms with E-state index in [4.69, 9.17) is 4.74 Å². The minimum absolute atomic E-state index is 0.177. The van der Waals surface area contributed by atoms with E-state index in [9.17, 15) is 14.0 Å². The predicted molar refractivity (Wildman–Crippen MR) is 89.8 cm³/mol. The van der Waals surface area contributed by atoms with Crippen LogP contribution in [0, 0.1) is 5.82 Å². The Morgan fingerprint density at radius 2 is 2.20 bits per heavy atom. The fraction of sp³-hybridized carbons (Fsp3) is 0.389. The molecule has 1 saturated heterocycles. The highest BCUT2D eigenvalue weighted by molar-refractivity contribution is 5.92. The van der Waals surface area contributed by atoms with Gasteiger partial charge in [0.2, 0.25) is 0 Å². The van der Waals surface area contributed by atoms with E-state index < -0.39 is 0 Å². The van der Waals surface area contributed by atoms with Crippen molar-refractivity contribution in [2.75, 3.05) is 20.3 Å². The van der Waals surface area contributed by atoms with Gasteiger partial charge in [-0.15, -0.1) is 0 Å². The van der Waals surface area contributed by atoms with E-state index in [2.05, 4.69) is 5.10 Å². The molecule has 25 heavy (non-hydrogen) atoms. The number of ether oxygens (including phenoxy) is 1. The van der Waals surface area contributed by atoms with Crippen molar-refractivity contribution in [3.05, 3.63) is 63.8 Å². The number of carbonyl (C=O) groups excluding carboxylic acids is 1. The molecule has 1 fully saturated rings. The van der Waals surface area contributed by atoms with Gasteiger partial charge < -0.3 is 9.64 Å². The highest BCUT2D eigenvalue weighted by Gasteiger charge is 2.31. The second-order valence-corrected chi connectivity index (χ2v) is 5.98. The summed E-state index contributed by atoms with van der Waals surface area (Å²) in [5.41, 5.74) is 0.703. The third-order valence-corrected chi connectivity index (χ3v) is 4.34. The molecule has 2 heterocycles. The number of methoxy groups -OCH3 is 1. The molecule has 0 saturated carbocycles. The number of aromatic nitrogens is 2. The van der Waals surface area contributed by atoms with Crippen LogP contribution in [0.15, 0.2) is 41.2 Å². The molecule has 132 valence electrons. The molecule has 1 amide bonds. The van der Waals surface area contributed by atoms with E-state index in [0.29, 0.717) is 13.2 Å². The summed E-state index contributed by atoms with van der Waals surface area (Å²) in [7, 11) is 1.54. The molecule has 0 aliphatic carbocycles. The third kappa shape index (κ3) is 3.76. The Balaban J connectivity index is 1.85. The lowest BCUT2D eigenvalue weighted by atomic mass is 10.0. The number of hydrogen-bond acceptors (Lipinski definition) is 4. The Morgan fingerprint density at radius 1 is 1.36 bits per heavy atom. The molecule has 6 nitrogen and oxygen atoms in total. The number of amides is 1. The van der Waals surface area contributed by atoms with E-state index >= 15 is 0 Å². The molecule has 0 spiro atoms. The molecule has 1 unspecified atom stereocenters. The van der Waals surface area contributed by atoms with Gasteiger partial charge in [0.15, 0.2) is 0 Å². The van der Waals surface area contributed by atoms with Crippen LogP contribution in [0.3, 0.4) is 0 Å². The van der Waals surface area contributed by atoms with Crippen LogP contribution in [0.5, 0.6) is 0 Å². The number of hydrogen-bond donors (Lipinski definition) is 0. The first kappa shape index (κ1) is 17.3. The van der Waals surface area contributed by atoms with Gasteiger partial charge in [-0.25, -0.2) is 9.07 Å². The van der Waals surface area contributed by atoms with Gasteiger partial charge in [0.25, 0.3) is 11.5 Å². The minimum Gasteiger partial charge on any atom is -0.383 e. The summed E-state index contributed by atoms with van der Waals surface area (Å²) in [6.45, 7) is 1.20. The topological polar surface area (TPSA) is 64.4 Å². The van der Waals surface area contributed by atoms with E-state index in [0.717, 1.165) is 18.4 Å². The number of carbonyl (C=O) groups is 1. The van der Waals surface area contributed by atoms with Crippen LogP contribution in [0.1, 0.15) is 34.9 Å². The van der Waals surface area contributed by atoms with Crippen molar-refractivity contribution in [2.24, 2.45) is 0 Å². The van der Waals surface area contributed by atoms with Gasteiger partial charge in [-0.05, 0) is 36.6 Å². The van der Waals surface area contributed by atoms with E-state index in [1.807, 2.05) is 6.07 Å². The Labute approximate surface area is 144 Å². The zero-order valence-electron chi connectivity index (χ0n) is 14.0. The molecular formula is C18H20FN3O3. The lowest BCUT2D eigenvalue weighted by molar-refractivity contribution is 0.0725. The van der Waals surface area contributed by atoms with E-state index in [1.165, 1.54) is 36.1 Å². The lowest BCUT2D eigenvalue weighted by Gasteiger charge is -2.25. The van der Waals surface area contributed by atoms with Crippen LogP contribution in [-0.4, -0.2) is 40.8 Å². The highest BCUT2D eigenvalue weighted by atomic mass is 19.1. The summed E-state index contributed by atoms with van der Waals surface area (Å²) < 4.78 is 19.7. The average molecular weight is 345 g/mol. The number of halogens is 1. The second kappa shape index (κ2) is 7.57. The fourth-order valence-corrected chi connectivity index (χ4v) is 3.12. The molecule has 1 atom stereocenters. The molecule has 1 aromatic heterocycles. The molecule has 2 aromatic rings. The Bertz CT molecular complexity index is 821. The molecule has 3 rings (SSSR count). The van der Waals surface area contributed by atoms with Crippen LogP contribution < -0.4 is 5.56 Å². The van der Waals surface area contributed by atoms with Crippen LogP contribution in [-0.2, 0) is 11.3 Å². The molecule has 7 heteroatoms. The molecule has 0 N–H and O–H groups in total. The molecular weight excluding hydrogens is 325 g/mol. The van der Waals surface area contributed by atoms with Crippen molar-refractivity contribution in [1.29, 1.82) is 0 Å². The zero-order valence-corrected chi connectivity index (χ0v) is 14.0. The van der Waals surface area contributed by atoms with Gasteiger partial charge >= 0.3 is 0 Å². The number of nitrogens with zero attached hydrogens (tertiary/aromatic N) is 3. The molecule has 0 bridgehead atoms. The standard InChI is InChI=1S/C18H20FN3O3/c1-25-11-10-22-17(23)8-7-15(20-22)18(24)21-9-3-6-16(21)13-4-2-5-14(19)12-13/h2,4-5,7-8,12,16H,3,6,9-11H2,1H3. The summed E-state index contributed by atoms with van der Waals surface area (Å²) in [6.07, 6.45) is 1.62. The van der Waals surface area contributed by atoms with Crippen LogP contribution in [0.2, 0.25) is 0 Å². The van der Waals surface area contributed by atoms with Crippen molar-refractivity contribution in [3.8, 4) is 0 Å². The van der Waals surface area contributed by atoms with Gasteiger partial charge in [0.05, 0.1) is 19.2 Å². The highest BCUT2D eigenvalue weighted by Crippen LogP contribution is 2.33. The van der Waals surface area contributed by atoms with E-state index in [-0.39, 0.29) is 35.6 Å². The van der Waals surface area contributed by atoms with Gasteiger partial charge in [0, 0.05) is 19.7 Å². The lowest BCUT2D eigenvalue weighted by Crippen LogP contribution is -2.34. The fourth-order valence-electron chi connectivity index (χ4n) is 3.12. The minimum atomic E-state index is -0.317. The SMILES string of the molecule is COCCn1nc(C(=O)N2CCCC2c2cccc(F)c2)ccc1=O. The van der Waals surface area contributed by atoms with Gasteiger partial charge in [-0.3, -0.25) is 9.59 Å². The third-order valence-electron chi connectivity index (χ3n) is 4.34. The zero-order chi connectivity index (χ0) is 17.8. The maximum atomic E-state index is 13.5. The summed E-state index contributed by atoms with van der Waals surface area (Å²) in [5.74, 6) is -0.569. The van der Waals surface area contributed by atoms with Crippen LogP contribution >= 0.6 is 0 Å². The van der Waals surface area contributed by atoms with Crippen LogP contribution in [0.25, 0.3) is 0 Å². The summed E-state index contributed by atoms with van der Waals surface area (Å²) >= 11 is 0. The Morgan fingerprint density at radius 3 is 2.96 bits per heavy atom.